The predicted molar refractivity (Wildman–Crippen MR) is 117 cm³/mol. The van der Waals surface area contributed by atoms with E-state index in [9.17, 15) is 19.7 Å². The lowest BCUT2D eigenvalue weighted by Crippen LogP contribution is -2.26. The number of nitrogens with zero attached hydrogens (tertiary/aromatic N) is 3. The lowest BCUT2D eigenvalue weighted by molar-refractivity contribution is -0.384. The fourth-order valence-electron chi connectivity index (χ4n) is 3.27. The summed E-state index contributed by atoms with van der Waals surface area (Å²) in [6.45, 7) is 4.04. The average molecular weight is 443 g/mol. The summed E-state index contributed by atoms with van der Waals surface area (Å²) in [5, 5.41) is 14.7. The van der Waals surface area contributed by atoms with Crippen LogP contribution in [-0.2, 0) is 9.59 Å². The Balaban J connectivity index is 1.79. The molecule has 2 heterocycles. The average Bonchev–Trinajstić information content (AvgIpc) is 3.19. The lowest BCUT2D eigenvalue weighted by atomic mass is 10.1. The van der Waals surface area contributed by atoms with Crippen molar-refractivity contribution in [3.8, 4) is 0 Å². The number of thioether (sulfide) groups is 1. The number of carbonyl (C=O) groups is 2. The van der Waals surface area contributed by atoms with Gasteiger partial charge in [-0.2, -0.15) is 0 Å². The largest absolute Gasteiger partial charge is 0.308 e. The summed E-state index contributed by atoms with van der Waals surface area (Å²) in [5.74, 6) is -0.846. The molecule has 0 bridgehead atoms. The highest BCUT2D eigenvalue weighted by Crippen LogP contribution is 2.44. The molecule has 2 aromatic carbocycles. The normalized spacial score (nSPS) is 19.4. The van der Waals surface area contributed by atoms with Crippen molar-refractivity contribution >= 4 is 63.0 Å². The Morgan fingerprint density at radius 1 is 1.23 bits per heavy atom. The van der Waals surface area contributed by atoms with E-state index >= 15 is 0 Å². The number of nitro groups is 1. The van der Waals surface area contributed by atoms with Crippen LogP contribution in [0.3, 0.4) is 0 Å². The zero-order valence-corrected chi connectivity index (χ0v) is 17.5. The number of anilines is 1. The van der Waals surface area contributed by atoms with Gasteiger partial charge in [0.15, 0.2) is 5.17 Å². The summed E-state index contributed by atoms with van der Waals surface area (Å²) >= 11 is 7.15. The van der Waals surface area contributed by atoms with E-state index in [-0.39, 0.29) is 22.1 Å². The maximum absolute atomic E-state index is 13.0. The van der Waals surface area contributed by atoms with E-state index in [1.165, 1.54) is 23.1 Å². The van der Waals surface area contributed by atoms with Crippen molar-refractivity contribution in [2.75, 3.05) is 11.4 Å². The van der Waals surface area contributed by atoms with Gasteiger partial charge in [-0.3, -0.25) is 19.7 Å². The monoisotopic (exact) mass is 442 g/mol. The number of hydrogen-bond donors (Lipinski definition) is 1. The molecule has 0 unspecified atom stereocenters. The number of fused-ring (bicyclic) bond motifs is 1. The highest BCUT2D eigenvalue weighted by atomic mass is 35.5. The molecule has 8 nitrogen and oxygen atoms in total. The smallest absolute Gasteiger partial charge is 0.270 e. The number of halogens is 1. The van der Waals surface area contributed by atoms with E-state index in [2.05, 4.69) is 10.3 Å². The van der Waals surface area contributed by atoms with Gasteiger partial charge in [0.1, 0.15) is 0 Å². The van der Waals surface area contributed by atoms with Crippen molar-refractivity contribution in [3.63, 3.8) is 0 Å². The predicted octanol–water partition coefficient (Wildman–Crippen LogP) is 4.18. The molecule has 1 fully saturated rings. The molecule has 10 heteroatoms. The molecule has 2 aromatic rings. The second kappa shape index (κ2) is 7.58. The van der Waals surface area contributed by atoms with Crippen molar-refractivity contribution in [1.82, 2.24) is 5.32 Å². The first-order valence-electron chi connectivity index (χ1n) is 8.99. The van der Waals surface area contributed by atoms with E-state index in [1.54, 1.807) is 19.1 Å². The first-order chi connectivity index (χ1) is 14.3. The second-order valence-corrected chi connectivity index (χ2v) is 8.02. The minimum Gasteiger partial charge on any atom is -0.308 e. The Morgan fingerprint density at radius 2 is 2.00 bits per heavy atom. The summed E-state index contributed by atoms with van der Waals surface area (Å²) in [6, 6.07) is 9.47. The fraction of sp³-hybridized carbons (Fsp3) is 0.150. The number of nitro benzene ring substituents is 1. The van der Waals surface area contributed by atoms with E-state index in [4.69, 9.17) is 11.6 Å². The van der Waals surface area contributed by atoms with Gasteiger partial charge in [0.25, 0.3) is 17.5 Å². The summed E-state index contributed by atoms with van der Waals surface area (Å²) in [6.07, 6.45) is 0. The molecule has 2 aliphatic rings. The van der Waals surface area contributed by atoms with Crippen LogP contribution in [0, 0.1) is 17.0 Å². The number of benzene rings is 2. The topological polar surface area (TPSA) is 105 Å². The minimum absolute atomic E-state index is 0.144. The van der Waals surface area contributed by atoms with Crippen LogP contribution in [0.15, 0.2) is 46.3 Å². The molecule has 152 valence electrons. The number of nitrogens with one attached hydrogen (secondary N) is 1. The highest BCUT2D eigenvalue weighted by Gasteiger charge is 2.39. The maximum Gasteiger partial charge on any atom is 0.270 e. The zero-order chi connectivity index (χ0) is 21.6. The van der Waals surface area contributed by atoms with Crippen molar-refractivity contribution < 1.29 is 14.5 Å². The third kappa shape index (κ3) is 3.35. The number of likely N-dealkylation sites (N-methyl/N-ethyl adjacent to an activating group) is 1. The van der Waals surface area contributed by atoms with Crippen LogP contribution in [-0.4, -0.2) is 28.5 Å². The second-order valence-electron chi connectivity index (χ2n) is 6.62. The van der Waals surface area contributed by atoms with Crippen LogP contribution in [0.5, 0.6) is 0 Å². The van der Waals surface area contributed by atoms with E-state index < -0.39 is 10.8 Å². The van der Waals surface area contributed by atoms with Gasteiger partial charge in [-0.1, -0.05) is 17.7 Å². The quantitative estimate of drug-likeness (QED) is 0.436. The molecule has 4 rings (SSSR count). The van der Waals surface area contributed by atoms with E-state index in [0.29, 0.717) is 33.7 Å². The summed E-state index contributed by atoms with van der Waals surface area (Å²) in [5.41, 5.74) is 2.37. The molecule has 0 spiro atoms. The van der Waals surface area contributed by atoms with Gasteiger partial charge in [0, 0.05) is 29.3 Å². The van der Waals surface area contributed by atoms with Gasteiger partial charge >= 0.3 is 0 Å². The maximum atomic E-state index is 13.0. The Kier molecular flexibility index (Phi) is 5.08. The molecule has 0 aliphatic carbocycles. The van der Waals surface area contributed by atoms with Crippen LogP contribution >= 0.6 is 23.4 Å². The molecule has 0 saturated carbocycles. The Hall–Kier alpha value is -3.17. The SMILES string of the molecule is CCN1C(=O)/C(=C2\SC(=Nc3ccc(C)c(Cl)c3)NC2=O)c2cc([N+](=O)[O-])ccc21. The molecule has 0 atom stereocenters. The first-order valence-corrected chi connectivity index (χ1v) is 10.2. The number of carbonyl (C=O) groups excluding carboxylic acids is 2. The van der Waals surface area contributed by atoms with Crippen LogP contribution in [0.2, 0.25) is 5.02 Å². The molecule has 30 heavy (non-hydrogen) atoms. The van der Waals surface area contributed by atoms with Gasteiger partial charge in [-0.05, 0) is 49.4 Å². The fourth-order valence-corrected chi connectivity index (χ4v) is 4.38. The van der Waals surface area contributed by atoms with Gasteiger partial charge in [0.05, 0.1) is 26.8 Å². The molecule has 2 amide bonds. The van der Waals surface area contributed by atoms with Crippen molar-refractivity contribution in [2.45, 2.75) is 13.8 Å². The Labute approximate surface area is 180 Å². The number of rotatable bonds is 3. The number of non-ortho nitro benzene ring substituents is 1. The standard InChI is InChI=1S/C20H15ClN4O4S/c1-3-24-15-7-6-12(25(28)29)9-13(15)16(19(24)27)17-18(26)23-20(30-17)22-11-5-4-10(2)14(21)8-11/h4-9H,3H2,1-2H3,(H,22,23,26)/b17-16-. The number of amides is 2. The van der Waals surface area contributed by atoms with Crippen LogP contribution < -0.4 is 10.2 Å². The molecule has 2 aliphatic heterocycles. The summed E-state index contributed by atoms with van der Waals surface area (Å²) < 4.78 is 0. The van der Waals surface area contributed by atoms with Gasteiger partial charge in [0.2, 0.25) is 0 Å². The van der Waals surface area contributed by atoms with Gasteiger partial charge < -0.3 is 10.2 Å². The molecule has 0 radical (unpaired) electrons. The van der Waals surface area contributed by atoms with Crippen LogP contribution in [0.4, 0.5) is 17.1 Å². The highest BCUT2D eigenvalue weighted by molar-refractivity contribution is 8.18. The van der Waals surface area contributed by atoms with Gasteiger partial charge in [-0.25, -0.2) is 4.99 Å². The van der Waals surface area contributed by atoms with E-state index in [0.717, 1.165) is 17.3 Å². The molecular formula is C20H15ClN4O4S. The number of aliphatic imine (C=N–C) groups is 1. The molecular weight excluding hydrogens is 428 g/mol. The third-order valence-electron chi connectivity index (χ3n) is 4.76. The summed E-state index contributed by atoms with van der Waals surface area (Å²) in [4.78, 5) is 42.4. The molecule has 1 N–H and O–H groups in total. The zero-order valence-electron chi connectivity index (χ0n) is 15.9. The van der Waals surface area contributed by atoms with Crippen molar-refractivity contribution in [2.24, 2.45) is 4.99 Å². The molecule has 1 saturated heterocycles. The Morgan fingerprint density at radius 3 is 2.67 bits per heavy atom. The number of aryl methyl sites for hydroxylation is 1. The summed E-state index contributed by atoms with van der Waals surface area (Å²) in [7, 11) is 0. The van der Waals surface area contributed by atoms with E-state index in [1.807, 2.05) is 13.0 Å². The van der Waals surface area contributed by atoms with Gasteiger partial charge in [-0.15, -0.1) is 0 Å². The third-order valence-corrected chi connectivity index (χ3v) is 6.15. The molecule has 0 aromatic heterocycles. The van der Waals surface area contributed by atoms with Crippen molar-refractivity contribution in [3.05, 3.63) is 67.6 Å². The minimum atomic E-state index is -0.530. The van der Waals surface area contributed by atoms with Crippen LogP contribution in [0.25, 0.3) is 5.57 Å². The van der Waals surface area contributed by atoms with Crippen LogP contribution in [0.1, 0.15) is 18.1 Å². The number of amidine groups is 1. The van der Waals surface area contributed by atoms with Crippen molar-refractivity contribution in [1.29, 1.82) is 0 Å². The Bertz CT molecular complexity index is 1190. The number of hydrogen-bond acceptors (Lipinski definition) is 6. The first kappa shape index (κ1) is 20.1. The lowest BCUT2D eigenvalue weighted by Gasteiger charge is -2.13.